The number of carbonyl (C=O) groups is 1. The summed E-state index contributed by atoms with van der Waals surface area (Å²) in [7, 11) is 0. The van der Waals surface area contributed by atoms with E-state index in [-0.39, 0.29) is 12.6 Å². The van der Waals surface area contributed by atoms with E-state index in [2.05, 4.69) is 15.9 Å². The lowest BCUT2D eigenvalue weighted by Gasteiger charge is -2.21. The molecular weight excluding hydrogens is 448 g/mol. The van der Waals surface area contributed by atoms with Gasteiger partial charge in [-0.3, -0.25) is 4.79 Å². The highest BCUT2D eigenvalue weighted by Crippen LogP contribution is 2.36. The van der Waals surface area contributed by atoms with Gasteiger partial charge >= 0.3 is 0 Å². The number of hydrogen-bond donors (Lipinski definition) is 0. The first-order valence-electron chi connectivity index (χ1n) is 9.45. The predicted molar refractivity (Wildman–Crippen MR) is 115 cm³/mol. The highest BCUT2D eigenvalue weighted by molar-refractivity contribution is 9.10. The highest BCUT2D eigenvalue weighted by atomic mass is 79.9. The minimum atomic E-state index is -0.130. The molecule has 0 saturated heterocycles. The first-order valence-corrected chi connectivity index (χ1v) is 10.2. The van der Waals surface area contributed by atoms with Crippen molar-refractivity contribution >= 4 is 27.8 Å². The summed E-state index contributed by atoms with van der Waals surface area (Å²) in [6, 6.07) is 18.8. The molecule has 2 aliphatic heterocycles. The second kappa shape index (κ2) is 7.97. The number of rotatable bonds is 4. The number of allylic oxidation sites excluding steroid dienone is 1. The predicted octanol–water partition coefficient (Wildman–Crippen LogP) is 5.51. The molecule has 0 amide bonds. The van der Waals surface area contributed by atoms with Gasteiger partial charge in [0, 0.05) is 21.7 Å². The van der Waals surface area contributed by atoms with Crippen LogP contribution in [0.2, 0.25) is 0 Å². The van der Waals surface area contributed by atoms with Gasteiger partial charge in [-0.25, -0.2) is 0 Å². The fourth-order valence-corrected chi connectivity index (χ4v) is 4.04. The number of fused-ring (bicyclic) bond motifs is 2. The van der Waals surface area contributed by atoms with Crippen molar-refractivity contribution in [3.8, 4) is 17.2 Å². The third-order valence-electron chi connectivity index (χ3n) is 4.88. The average Bonchev–Trinajstić information content (AvgIpc) is 3.07. The van der Waals surface area contributed by atoms with Crippen LogP contribution in [0.5, 0.6) is 17.2 Å². The number of hydrogen-bond acceptors (Lipinski definition) is 5. The van der Waals surface area contributed by atoms with Crippen molar-refractivity contribution in [1.29, 1.82) is 0 Å². The van der Waals surface area contributed by atoms with Crippen LogP contribution < -0.4 is 14.2 Å². The molecule has 0 aliphatic carbocycles. The summed E-state index contributed by atoms with van der Waals surface area (Å²) in [6.07, 6.45) is 1.75. The molecule has 5 rings (SSSR count). The molecule has 6 heteroatoms. The molecule has 0 atom stereocenters. The fourth-order valence-electron chi connectivity index (χ4n) is 3.48. The molecule has 0 aromatic heterocycles. The van der Waals surface area contributed by atoms with E-state index in [1.807, 2.05) is 42.5 Å². The number of Topliss-reactive ketones (excluding diaryl/α,β-unsaturated/α-hetero) is 1. The molecule has 2 aliphatic rings. The van der Waals surface area contributed by atoms with Gasteiger partial charge < -0.3 is 18.9 Å². The Hall–Kier alpha value is -3.09. The van der Waals surface area contributed by atoms with E-state index in [4.69, 9.17) is 18.9 Å². The number of ketones is 1. The van der Waals surface area contributed by atoms with Gasteiger partial charge in [0.15, 0.2) is 12.6 Å². The summed E-state index contributed by atoms with van der Waals surface area (Å²) in [5, 5.41) is 0. The van der Waals surface area contributed by atoms with Gasteiger partial charge in [-0.1, -0.05) is 46.3 Å². The molecule has 30 heavy (non-hydrogen) atoms. The second-order valence-corrected chi connectivity index (χ2v) is 7.88. The maximum absolute atomic E-state index is 12.6. The summed E-state index contributed by atoms with van der Waals surface area (Å²) < 4.78 is 23.7. The van der Waals surface area contributed by atoms with Crippen LogP contribution in [0.1, 0.15) is 27.0 Å². The van der Waals surface area contributed by atoms with Crippen molar-refractivity contribution in [2.75, 3.05) is 6.79 Å². The topological polar surface area (TPSA) is 54.0 Å². The van der Waals surface area contributed by atoms with E-state index >= 15 is 0 Å². The smallest absolute Gasteiger partial charge is 0.231 e. The van der Waals surface area contributed by atoms with E-state index in [9.17, 15) is 4.79 Å². The Balaban J connectivity index is 1.35. The monoisotopic (exact) mass is 464 g/mol. The van der Waals surface area contributed by atoms with Crippen molar-refractivity contribution in [3.05, 3.63) is 93.1 Å². The fraction of sp³-hybridized carbons (Fsp3) is 0.125. The molecule has 2 heterocycles. The molecule has 0 fully saturated rings. The molecule has 3 aromatic carbocycles. The van der Waals surface area contributed by atoms with Crippen LogP contribution in [0.4, 0.5) is 0 Å². The minimum absolute atomic E-state index is 0.130. The quantitative estimate of drug-likeness (QED) is 0.476. The van der Waals surface area contributed by atoms with E-state index in [0.717, 1.165) is 26.9 Å². The summed E-state index contributed by atoms with van der Waals surface area (Å²) >= 11 is 3.52. The van der Waals surface area contributed by atoms with E-state index in [0.29, 0.717) is 36.0 Å². The number of benzene rings is 3. The zero-order valence-corrected chi connectivity index (χ0v) is 17.5. The van der Waals surface area contributed by atoms with Crippen LogP contribution in [-0.2, 0) is 18.0 Å². The van der Waals surface area contributed by atoms with Crippen LogP contribution in [0.25, 0.3) is 6.08 Å². The van der Waals surface area contributed by atoms with Crippen LogP contribution >= 0.6 is 15.9 Å². The van der Waals surface area contributed by atoms with E-state index in [1.165, 1.54) is 0 Å². The maximum Gasteiger partial charge on any atom is 0.231 e. The Morgan fingerprint density at radius 2 is 1.93 bits per heavy atom. The number of carbonyl (C=O) groups excluding carboxylic acids is 1. The molecule has 5 nitrogen and oxygen atoms in total. The summed E-state index contributed by atoms with van der Waals surface area (Å²) in [5.74, 6) is 2.09. The molecule has 3 aromatic rings. The third-order valence-corrected chi connectivity index (χ3v) is 5.34. The Morgan fingerprint density at radius 3 is 2.80 bits per heavy atom. The van der Waals surface area contributed by atoms with Crippen LogP contribution in [0.3, 0.4) is 0 Å². The van der Waals surface area contributed by atoms with Crippen LogP contribution in [-0.4, -0.2) is 12.6 Å². The lowest BCUT2D eigenvalue weighted by atomic mass is 10.1. The Labute approximate surface area is 182 Å². The van der Waals surface area contributed by atoms with E-state index in [1.54, 1.807) is 24.3 Å². The van der Waals surface area contributed by atoms with Crippen LogP contribution in [0.15, 0.2) is 70.9 Å². The zero-order valence-electron chi connectivity index (χ0n) is 15.9. The molecule has 0 radical (unpaired) electrons. The van der Waals surface area contributed by atoms with Crippen molar-refractivity contribution < 1.29 is 23.7 Å². The summed E-state index contributed by atoms with van der Waals surface area (Å²) in [5.41, 5.74) is 3.34. The third kappa shape index (κ3) is 3.72. The lowest BCUT2D eigenvalue weighted by molar-refractivity contribution is -0.0176. The first kappa shape index (κ1) is 18.9. The molecule has 0 saturated carbocycles. The SMILES string of the molecule is O=C1/C(=C/c2ccccc2)Oc2cc(OCc3cc(Br)cc4c3OCOC4)ccc21. The summed E-state index contributed by atoms with van der Waals surface area (Å²) in [6.45, 7) is 1.06. The second-order valence-electron chi connectivity index (χ2n) is 6.96. The van der Waals surface area contributed by atoms with Crippen molar-refractivity contribution in [3.63, 3.8) is 0 Å². The van der Waals surface area contributed by atoms with Gasteiger partial charge in [0.1, 0.15) is 23.9 Å². The first-order chi connectivity index (χ1) is 14.7. The molecule has 150 valence electrons. The molecule has 0 unspecified atom stereocenters. The van der Waals surface area contributed by atoms with Gasteiger partial charge in [-0.15, -0.1) is 0 Å². The lowest BCUT2D eigenvalue weighted by Crippen LogP contribution is -2.14. The van der Waals surface area contributed by atoms with Crippen LogP contribution in [0, 0.1) is 0 Å². The number of halogens is 1. The van der Waals surface area contributed by atoms with E-state index < -0.39 is 0 Å². The Morgan fingerprint density at radius 1 is 1.07 bits per heavy atom. The summed E-state index contributed by atoms with van der Waals surface area (Å²) in [4.78, 5) is 12.6. The molecule has 0 bridgehead atoms. The van der Waals surface area contributed by atoms with Gasteiger partial charge in [0.25, 0.3) is 0 Å². The number of ether oxygens (including phenoxy) is 4. The van der Waals surface area contributed by atoms with Crippen molar-refractivity contribution in [2.24, 2.45) is 0 Å². The normalized spacial score (nSPS) is 15.9. The zero-order chi connectivity index (χ0) is 20.5. The van der Waals surface area contributed by atoms with Gasteiger partial charge in [0.2, 0.25) is 5.78 Å². The van der Waals surface area contributed by atoms with Gasteiger partial charge in [0.05, 0.1) is 12.2 Å². The Bertz CT molecular complexity index is 1150. The minimum Gasteiger partial charge on any atom is -0.489 e. The van der Waals surface area contributed by atoms with Gasteiger partial charge in [-0.2, -0.15) is 0 Å². The molecular formula is C24H17BrO5. The molecule has 0 N–H and O–H groups in total. The maximum atomic E-state index is 12.6. The van der Waals surface area contributed by atoms with Crippen molar-refractivity contribution in [1.82, 2.24) is 0 Å². The largest absolute Gasteiger partial charge is 0.489 e. The standard InChI is InChI=1S/C24H17BrO5/c25-18-9-16-12-27-14-29-24(16)17(10-18)13-28-19-6-7-20-21(11-19)30-22(23(20)26)8-15-4-2-1-3-5-15/h1-11H,12-14H2/b22-8-. The Kier molecular flexibility index (Phi) is 5.02. The van der Waals surface area contributed by atoms with Gasteiger partial charge in [-0.05, 0) is 35.9 Å². The average molecular weight is 465 g/mol. The van der Waals surface area contributed by atoms with Crippen molar-refractivity contribution in [2.45, 2.75) is 13.2 Å². The molecule has 0 spiro atoms. The highest BCUT2D eigenvalue weighted by Gasteiger charge is 2.27.